The van der Waals surface area contributed by atoms with Crippen LogP contribution in [-0.2, 0) is 16.1 Å². The van der Waals surface area contributed by atoms with Crippen LogP contribution in [0.25, 0.3) is 0 Å². The second kappa shape index (κ2) is 6.55. The predicted molar refractivity (Wildman–Crippen MR) is 81.5 cm³/mol. The fraction of sp³-hybridized carbons (Fsp3) is 0.733. The van der Waals surface area contributed by atoms with E-state index in [4.69, 9.17) is 4.74 Å². The van der Waals surface area contributed by atoms with Gasteiger partial charge in [0.1, 0.15) is 18.3 Å². The summed E-state index contributed by atoms with van der Waals surface area (Å²) in [6, 6.07) is 0. The largest absolute Gasteiger partial charge is 0.441 e. The minimum absolute atomic E-state index is 0.167. The van der Waals surface area contributed by atoms with Crippen molar-refractivity contribution in [1.29, 1.82) is 0 Å². The average Bonchev–Trinajstić information content (AvgIpc) is 3.06. The maximum absolute atomic E-state index is 12.4. The molecule has 0 bridgehead atoms. The van der Waals surface area contributed by atoms with E-state index in [0.717, 1.165) is 32.2 Å². The van der Waals surface area contributed by atoms with E-state index >= 15 is 0 Å². The van der Waals surface area contributed by atoms with E-state index in [2.05, 4.69) is 10.1 Å². The first-order valence-electron chi connectivity index (χ1n) is 8.12. The van der Waals surface area contributed by atoms with Gasteiger partial charge in [-0.1, -0.05) is 0 Å². The quantitative estimate of drug-likeness (QED) is 0.823. The molecule has 0 aliphatic carbocycles. The molecule has 1 atom stereocenters. The molecule has 2 fully saturated rings. The third-order valence-electron chi connectivity index (χ3n) is 4.64. The van der Waals surface area contributed by atoms with Crippen LogP contribution in [0, 0.1) is 0 Å². The molecular formula is C15H23N5O3. The molecule has 0 radical (unpaired) electrons. The molecule has 0 aromatic carbocycles. The topological polar surface area (TPSA) is 80.6 Å². The lowest BCUT2D eigenvalue weighted by Gasteiger charge is -2.25. The summed E-state index contributed by atoms with van der Waals surface area (Å²) in [5.41, 5.74) is -0.401. The molecule has 3 rings (SSSR count). The second-order valence-electron chi connectivity index (χ2n) is 6.40. The Hall–Kier alpha value is -2.12. The van der Waals surface area contributed by atoms with Crippen molar-refractivity contribution in [2.24, 2.45) is 0 Å². The Morgan fingerprint density at radius 1 is 1.39 bits per heavy atom. The van der Waals surface area contributed by atoms with Gasteiger partial charge < -0.3 is 14.5 Å². The van der Waals surface area contributed by atoms with E-state index in [1.807, 2.05) is 4.90 Å². The van der Waals surface area contributed by atoms with Gasteiger partial charge in [0, 0.05) is 39.5 Å². The molecule has 1 unspecified atom stereocenters. The Bertz CT molecular complexity index is 561. The van der Waals surface area contributed by atoms with Gasteiger partial charge >= 0.3 is 6.09 Å². The number of ether oxygens (including phenoxy) is 1. The number of rotatable bonds is 4. The molecule has 2 amide bonds. The zero-order valence-electron chi connectivity index (χ0n) is 13.5. The summed E-state index contributed by atoms with van der Waals surface area (Å²) >= 11 is 0. The molecule has 3 heterocycles. The van der Waals surface area contributed by atoms with Gasteiger partial charge in [0.05, 0.1) is 6.54 Å². The molecular weight excluding hydrogens is 298 g/mol. The highest BCUT2D eigenvalue weighted by atomic mass is 16.6. The molecule has 8 nitrogen and oxygen atoms in total. The van der Waals surface area contributed by atoms with Crippen LogP contribution in [0.1, 0.15) is 32.1 Å². The number of hydrogen-bond acceptors (Lipinski definition) is 5. The number of hydrogen-bond donors (Lipinski definition) is 0. The SMILES string of the molecule is CN1CC2(CCCN(C(=O)CCCn3cncn3)CC2)OC1=O. The normalized spacial score (nSPS) is 24.8. The summed E-state index contributed by atoms with van der Waals surface area (Å²) in [4.78, 5) is 31.4. The zero-order valence-corrected chi connectivity index (χ0v) is 13.5. The molecule has 2 aliphatic rings. The number of likely N-dealkylation sites (N-methyl/N-ethyl adjacent to an activating group) is 1. The van der Waals surface area contributed by atoms with Crippen LogP contribution in [0.4, 0.5) is 4.79 Å². The Balaban J connectivity index is 1.47. The molecule has 2 saturated heterocycles. The standard InChI is InChI=1S/C15H23N5O3/c1-18-10-15(23-14(18)22)5-3-7-19(9-6-15)13(21)4-2-8-20-12-16-11-17-20/h11-12H,2-10H2,1H3. The number of carbonyl (C=O) groups is 2. The van der Waals surface area contributed by atoms with Crippen LogP contribution in [0.5, 0.6) is 0 Å². The van der Waals surface area contributed by atoms with Crippen molar-refractivity contribution in [2.45, 2.75) is 44.2 Å². The van der Waals surface area contributed by atoms with Crippen molar-refractivity contribution >= 4 is 12.0 Å². The van der Waals surface area contributed by atoms with Crippen molar-refractivity contribution in [3.8, 4) is 0 Å². The average molecular weight is 321 g/mol. The van der Waals surface area contributed by atoms with E-state index in [0.29, 0.717) is 26.1 Å². The van der Waals surface area contributed by atoms with Gasteiger partial charge in [-0.2, -0.15) is 5.10 Å². The van der Waals surface area contributed by atoms with Gasteiger partial charge in [-0.25, -0.2) is 9.78 Å². The highest BCUT2D eigenvalue weighted by molar-refractivity contribution is 5.76. The number of carbonyl (C=O) groups excluding carboxylic acids is 2. The zero-order chi connectivity index (χ0) is 16.3. The molecule has 0 saturated carbocycles. The highest BCUT2D eigenvalue weighted by Crippen LogP contribution is 2.32. The first-order chi connectivity index (χ1) is 11.1. The van der Waals surface area contributed by atoms with Crippen molar-refractivity contribution in [3.63, 3.8) is 0 Å². The van der Waals surface area contributed by atoms with E-state index in [1.165, 1.54) is 6.33 Å². The lowest BCUT2D eigenvalue weighted by atomic mass is 9.95. The predicted octanol–water partition coefficient (Wildman–Crippen LogP) is 0.892. The van der Waals surface area contributed by atoms with E-state index in [-0.39, 0.29) is 12.0 Å². The van der Waals surface area contributed by atoms with Crippen LogP contribution in [-0.4, -0.2) is 68.8 Å². The maximum atomic E-state index is 12.4. The van der Waals surface area contributed by atoms with Crippen molar-refractivity contribution in [2.75, 3.05) is 26.7 Å². The molecule has 1 aromatic heterocycles. The third-order valence-corrected chi connectivity index (χ3v) is 4.64. The minimum Gasteiger partial charge on any atom is -0.441 e. The molecule has 1 spiro atoms. The Morgan fingerprint density at radius 2 is 2.26 bits per heavy atom. The summed E-state index contributed by atoms with van der Waals surface area (Å²) in [6.07, 6.45) is 6.58. The summed E-state index contributed by atoms with van der Waals surface area (Å²) in [5.74, 6) is 0.167. The molecule has 1 aromatic rings. The first kappa shape index (κ1) is 15.8. The second-order valence-corrected chi connectivity index (χ2v) is 6.40. The minimum atomic E-state index is -0.401. The number of nitrogens with zero attached hydrogens (tertiary/aromatic N) is 5. The van der Waals surface area contributed by atoms with Crippen LogP contribution < -0.4 is 0 Å². The van der Waals surface area contributed by atoms with Crippen LogP contribution >= 0.6 is 0 Å². The number of likely N-dealkylation sites (tertiary alicyclic amines) is 1. The van der Waals surface area contributed by atoms with Gasteiger partial charge in [-0.15, -0.1) is 0 Å². The molecule has 8 heteroatoms. The Kier molecular flexibility index (Phi) is 4.49. The molecule has 23 heavy (non-hydrogen) atoms. The molecule has 126 valence electrons. The number of aryl methyl sites for hydroxylation is 1. The van der Waals surface area contributed by atoms with Crippen molar-refractivity contribution in [1.82, 2.24) is 24.6 Å². The van der Waals surface area contributed by atoms with E-state index in [1.54, 1.807) is 23.0 Å². The fourth-order valence-corrected chi connectivity index (χ4v) is 3.37. The van der Waals surface area contributed by atoms with Crippen molar-refractivity contribution in [3.05, 3.63) is 12.7 Å². The summed E-state index contributed by atoms with van der Waals surface area (Å²) in [5, 5.41) is 4.03. The fourth-order valence-electron chi connectivity index (χ4n) is 3.37. The van der Waals surface area contributed by atoms with Gasteiger partial charge in [0.15, 0.2) is 0 Å². The van der Waals surface area contributed by atoms with Gasteiger partial charge in [-0.3, -0.25) is 9.48 Å². The molecule has 2 aliphatic heterocycles. The maximum Gasteiger partial charge on any atom is 0.410 e. The molecule has 0 N–H and O–H groups in total. The summed E-state index contributed by atoms with van der Waals surface area (Å²) in [6.45, 7) is 2.72. The number of amides is 2. The van der Waals surface area contributed by atoms with Crippen LogP contribution in [0.2, 0.25) is 0 Å². The summed E-state index contributed by atoms with van der Waals surface area (Å²) in [7, 11) is 1.76. The first-order valence-corrected chi connectivity index (χ1v) is 8.12. The summed E-state index contributed by atoms with van der Waals surface area (Å²) < 4.78 is 7.31. The van der Waals surface area contributed by atoms with E-state index < -0.39 is 5.60 Å². The Morgan fingerprint density at radius 3 is 2.96 bits per heavy atom. The monoisotopic (exact) mass is 321 g/mol. The third kappa shape index (κ3) is 3.62. The lowest BCUT2D eigenvalue weighted by molar-refractivity contribution is -0.131. The Labute approximate surface area is 135 Å². The number of aromatic nitrogens is 3. The lowest BCUT2D eigenvalue weighted by Crippen LogP contribution is -2.36. The van der Waals surface area contributed by atoms with E-state index in [9.17, 15) is 9.59 Å². The van der Waals surface area contributed by atoms with Gasteiger partial charge in [0.2, 0.25) is 5.91 Å². The van der Waals surface area contributed by atoms with Gasteiger partial charge in [0.25, 0.3) is 0 Å². The highest BCUT2D eigenvalue weighted by Gasteiger charge is 2.44. The van der Waals surface area contributed by atoms with Crippen LogP contribution in [0.3, 0.4) is 0 Å². The van der Waals surface area contributed by atoms with Crippen molar-refractivity contribution < 1.29 is 14.3 Å². The van der Waals surface area contributed by atoms with Crippen LogP contribution in [0.15, 0.2) is 12.7 Å². The van der Waals surface area contributed by atoms with Gasteiger partial charge in [-0.05, 0) is 19.3 Å². The smallest absolute Gasteiger partial charge is 0.410 e.